The van der Waals surface area contributed by atoms with Gasteiger partial charge in [0, 0.05) is 31.2 Å². The zero-order valence-corrected chi connectivity index (χ0v) is 17.9. The first kappa shape index (κ1) is 21.0. The molecule has 0 saturated heterocycles. The molecule has 0 radical (unpaired) electrons. The smallest absolute Gasteiger partial charge is 0.254 e. The van der Waals surface area contributed by atoms with E-state index in [9.17, 15) is 9.59 Å². The lowest BCUT2D eigenvalue weighted by molar-refractivity contribution is -0.116. The van der Waals surface area contributed by atoms with E-state index >= 15 is 0 Å². The predicted octanol–water partition coefficient (Wildman–Crippen LogP) is 3.33. The molecule has 0 saturated carbocycles. The second kappa shape index (κ2) is 9.30. The van der Waals surface area contributed by atoms with Crippen LogP contribution in [-0.2, 0) is 11.4 Å². The number of aryl methyl sites for hydroxylation is 1. The van der Waals surface area contributed by atoms with Gasteiger partial charge in [0.1, 0.15) is 23.8 Å². The van der Waals surface area contributed by atoms with Gasteiger partial charge in [0.2, 0.25) is 5.91 Å². The molecule has 3 heterocycles. The Kier molecular flexibility index (Phi) is 6.12. The SMILES string of the molecule is Cc1ccnc(NC(=O)CN(C)C(=O)c2cccc(OCc3cn4ccccc4n3)c2)c1. The number of anilines is 1. The number of rotatable bonds is 7. The Balaban J connectivity index is 1.36. The zero-order chi connectivity index (χ0) is 22.5. The first-order chi connectivity index (χ1) is 15.5. The number of carbonyl (C=O) groups excluding carboxylic acids is 2. The van der Waals surface area contributed by atoms with Crippen molar-refractivity contribution < 1.29 is 14.3 Å². The van der Waals surface area contributed by atoms with Crippen molar-refractivity contribution in [1.82, 2.24) is 19.3 Å². The Labute approximate surface area is 185 Å². The van der Waals surface area contributed by atoms with Crippen LogP contribution in [0.3, 0.4) is 0 Å². The first-order valence-corrected chi connectivity index (χ1v) is 10.1. The van der Waals surface area contributed by atoms with Gasteiger partial charge in [-0.1, -0.05) is 12.1 Å². The molecule has 0 unspecified atom stereocenters. The molecule has 8 heteroatoms. The number of fused-ring (bicyclic) bond motifs is 1. The summed E-state index contributed by atoms with van der Waals surface area (Å²) in [4.78, 5) is 35.0. The molecule has 8 nitrogen and oxygen atoms in total. The third-order valence-electron chi connectivity index (χ3n) is 4.79. The molecule has 0 fully saturated rings. The number of ether oxygens (including phenoxy) is 1. The Bertz CT molecular complexity index is 1230. The van der Waals surface area contributed by atoms with Gasteiger partial charge in [0.05, 0.1) is 12.2 Å². The highest BCUT2D eigenvalue weighted by atomic mass is 16.5. The van der Waals surface area contributed by atoms with Crippen molar-refractivity contribution in [3.05, 3.63) is 90.0 Å². The molecule has 0 spiro atoms. The number of hydrogen-bond donors (Lipinski definition) is 1. The second-order valence-corrected chi connectivity index (χ2v) is 7.44. The molecular weight excluding hydrogens is 406 g/mol. The molecule has 4 aromatic rings. The standard InChI is InChI=1S/C24H23N5O3/c1-17-9-10-25-21(12-17)27-23(30)15-28(2)24(31)18-6-5-7-20(13-18)32-16-19-14-29-11-4-3-8-22(29)26-19/h3-14H,15-16H2,1-2H3,(H,25,27,30). The van der Waals surface area contributed by atoms with Crippen molar-refractivity contribution in [2.45, 2.75) is 13.5 Å². The number of carbonyl (C=O) groups is 2. The van der Waals surface area contributed by atoms with Crippen LogP contribution in [0.4, 0.5) is 5.82 Å². The fourth-order valence-corrected chi connectivity index (χ4v) is 3.23. The molecule has 1 N–H and O–H groups in total. The summed E-state index contributed by atoms with van der Waals surface area (Å²) >= 11 is 0. The van der Waals surface area contributed by atoms with Crippen molar-refractivity contribution in [3.8, 4) is 5.75 Å². The molecule has 2 amide bonds. The summed E-state index contributed by atoms with van der Waals surface area (Å²) in [7, 11) is 1.58. The number of benzene rings is 1. The number of nitrogens with zero attached hydrogens (tertiary/aromatic N) is 4. The minimum atomic E-state index is -0.321. The molecule has 0 aliphatic carbocycles. The third-order valence-corrected chi connectivity index (χ3v) is 4.79. The number of amides is 2. The maximum Gasteiger partial charge on any atom is 0.254 e. The van der Waals surface area contributed by atoms with Gasteiger partial charge < -0.3 is 19.4 Å². The lowest BCUT2D eigenvalue weighted by Crippen LogP contribution is -2.35. The number of likely N-dealkylation sites (N-methyl/N-ethyl adjacent to an activating group) is 1. The maximum absolute atomic E-state index is 12.8. The number of nitrogens with one attached hydrogen (secondary N) is 1. The van der Waals surface area contributed by atoms with Gasteiger partial charge in [0.25, 0.3) is 5.91 Å². The first-order valence-electron chi connectivity index (χ1n) is 10.1. The predicted molar refractivity (Wildman–Crippen MR) is 121 cm³/mol. The van der Waals surface area contributed by atoms with E-state index in [2.05, 4.69) is 15.3 Å². The van der Waals surface area contributed by atoms with Gasteiger partial charge in [-0.25, -0.2) is 9.97 Å². The van der Waals surface area contributed by atoms with Crippen LogP contribution in [-0.4, -0.2) is 44.7 Å². The van der Waals surface area contributed by atoms with E-state index in [1.807, 2.05) is 48.0 Å². The van der Waals surface area contributed by atoms with Crippen LogP contribution in [0.1, 0.15) is 21.6 Å². The molecule has 32 heavy (non-hydrogen) atoms. The van der Waals surface area contributed by atoms with Crippen molar-refractivity contribution in [3.63, 3.8) is 0 Å². The average Bonchev–Trinajstić information content (AvgIpc) is 3.20. The average molecular weight is 429 g/mol. The molecular formula is C24H23N5O3. The minimum absolute atomic E-state index is 0.0964. The summed E-state index contributed by atoms with van der Waals surface area (Å²) in [6, 6.07) is 16.3. The van der Waals surface area contributed by atoms with E-state index in [4.69, 9.17) is 4.74 Å². The van der Waals surface area contributed by atoms with E-state index in [-0.39, 0.29) is 25.0 Å². The van der Waals surface area contributed by atoms with Crippen molar-refractivity contribution in [2.24, 2.45) is 0 Å². The number of pyridine rings is 2. The molecule has 0 bridgehead atoms. The fraction of sp³-hybridized carbons (Fsp3) is 0.167. The van der Waals surface area contributed by atoms with E-state index < -0.39 is 0 Å². The highest BCUT2D eigenvalue weighted by molar-refractivity contribution is 5.99. The summed E-state index contributed by atoms with van der Waals surface area (Å²) < 4.78 is 7.75. The van der Waals surface area contributed by atoms with Crippen LogP contribution in [0.5, 0.6) is 5.75 Å². The third kappa shape index (κ3) is 5.10. The van der Waals surface area contributed by atoms with Crippen LogP contribution < -0.4 is 10.1 Å². The molecule has 4 rings (SSSR count). The van der Waals surface area contributed by atoms with Crippen LogP contribution in [0.25, 0.3) is 5.65 Å². The second-order valence-electron chi connectivity index (χ2n) is 7.44. The van der Waals surface area contributed by atoms with Crippen LogP contribution in [0.15, 0.2) is 73.2 Å². The number of hydrogen-bond acceptors (Lipinski definition) is 5. The van der Waals surface area contributed by atoms with Gasteiger partial charge >= 0.3 is 0 Å². The normalized spacial score (nSPS) is 10.7. The molecule has 0 aliphatic rings. The molecule has 0 aliphatic heterocycles. The van der Waals surface area contributed by atoms with E-state index in [0.29, 0.717) is 17.1 Å². The Morgan fingerprint density at radius 2 is 2.00 bits per heavy atom. The quantitative estimate of drug-likeness (QED) is 0.487. The maximum atomic E-state index is 12.8. The lowest BCUT2D eigenvalue weighted by atomic mass is 10.2. The Morgan fingerprint density at radius 3 is 2.81 bits per heavy atom. The molecule has 1 aromatic carbocycles. The summed E-state index contributed by atoms with van der Waals surface area (Å²) in [5, 5.41) is 2.70. The van der Waals surface area contributed by atoms with E-state index in [0.717, 1.165) is 16.9 Å². The van der Waals surface area contributed by atoms with Crippen LogP contribution in [0.2, 0.25) is 0 Å². The van der Waals surface area contributed by atoms with E-state index in [1.165, 1.54) is 4.90 Å². The fourth-order valence-electron chi connectivity index (χ4n) is 3.23. The molecule has 3 aromatic heterocycles. The monoisotopic (exact) mass is 429 g/mol. The minimum Gasteiger partial charge on any atom is -0.487 e. The lowest BCUT2D eigenvalue weighted by Gasteiger charge is -2.17. The van der Waals surface area contributed by atoms with Crippen molar-refractivity contribution >= 4 is 23.3 Å². The molecule has 162 valence electrons. The largest absolute Gasteiger partial charge is 0.487 e. The van der Waals surface area contributed by atoms with Gasteiger partial charge in [-0.15, -0.1) is 0 Å². The number of imidazole rings is 1. The summed E-state index contributed by atoms with van der Waals surface area (Å²) in [6.07, 6.45) is 5.45. The van der Waals surface area contributed by atoms with Gasteiger partial charge in [-0.05, 0) is 55.0 Å². The van der Waals surface area contributed by atoms with Crippen LogP contribution >= 0.6 is 0 Å². The van der Waals surface area contributed by atoms with Crippen molar-refractivity contribution in [2.75, 3.05) is 18.9 Å². The van der Waals surface area contributed by atoms with Gasteiger partial charge in [-0.2, -0.15) is 0 Å². The van der Waals surface area contributed by atoms with Gasteiger partial charge in [-0.3, -0.25) is 9.59 Å². The van der Waals surface area contributed by atoms with Crippen LogP contribution in [0, 0.1) is 6.92 Å². The number of aromatic nitrogens is 3. The topological polar surface area (TPSA) is 88.8 Å². The Morgan fingerprint density at radius 1 is 1.12 bits per heavy atom. The Hall–Kier alpha value is -4.20. The van der Waals surface area contributed by atoms with E-state index in [1.54, 1.807) is 43.6 Å². The summed E-state index contributed by atoms with van der Waals surface area (Å²) in [5.74, 6) is 0.404. The van der Waals surface area contributed by atoms with Crippen molar-refractivity contribution in [1.29, 1.82) is 0 Å². The highest BCUT2D eigenvalue weighted by Gasteiger charge is 2.16. The summed E-state index contributed by atoms with van der Waals surface area (Å²) in [5.41, 5.74) is 3.05. The zero-order valence-electron chi connectivity index (χ0n) is 17.9. The molecule has 0 atom stereocenters. The van der Waals surface area contributed by atoms with Gasteiger partial charge in [0.15, 0.2) is 0 Å². The summed E-state index contributed by atoms with van der Waals surface area (Å²) in [6.45, 7) is 2.10. The highest BCUT2D eigenvalue weighted by Crippen LogP contribution is 2.17.